The van der Waals surface area contributed by atoms with Crippen LogP contribution < -0.4 is 0 Å². The third-order valence-corrected chi connectivity index (χ3v) is 5.86. The minimum atomic E-state index is 0.625. The van der Waals surface area contributed by atoms with Crippen molar-refractivity contribution in [3.63, 3.8) is 0 Å². The zero-order valence-corrected chi connectivity index (χ0v) is 17.6. The van der Waals surface area contributed by atoms with Crippen LogP contribution in [-0.4, -0.2) is 9.97 Å². The Bertz CT molecular complexity index is 1640. The van der Waals surface area contributed by atoms with Crippen LogP contribution in [0.2, 0.25) is 0 Å². The number of fused-ring (bicyclic) bond motifs is 3. The van der Waals surface area contributed by atoms with Gasteiger partial charge in [-0.3, -0.25) is 9.97 Å². The van der Waals surface area contributed by atoms with Crippen LogP contribution in [0.4, 0.5) is 5.69 Å². The van der Waals surface area contributed by atoms with Crippen molar-refractivity contribution in [3.05, 3.63) is 115 Å². The number of benzene rings is 3. The van der Waals surface area contributed by atoms with E-state index in [-0.39, 0.29) is 0 Å². The SMILES string of the molecule is [C-]#[N+]c1ccc(-c2cccc3c2oc2c(-c4ccc(-c5cccnc5)nc4)cccc23)cc1. The number of para-hydroxylation sites is 2. The van der Waals surface area contributed by atoms with Crippen LogP contribution in [0.3, 0.4) is 0 Å². The smallest absolute Gasteiger partial charge is 0.187 e. The van der Waals surface area contributed by atoms with Gasteiger partial charge in [-0.15, -0.1) is 0 Å². The maximum atomic E-state index is 7.19. The van der Waals surface area contributed by atoms with Crippen molar-refractivity contribution in [1.29, 1.82) is 0 Å². The van der Waals surface area contributed by atoms with Gasteiger partial charge in [0, 0.05) is 51.6 Å². The molecule has 4 nitrogen and oxygen atoms in total. The van der Waals surface area contributed by atoms with Gasteiger partial charge in [0.25, 0.3) is 0 Å². The molecule has 0 spiro atoms. The molecular formula is C29H17N3O. The second-order valence-corrected chi connectivity index (χ2v) is 7.80. The zero-order chi connectivity index (χ0) is 22.2. The minimum absolute atomic E-state index is 0.625. The van der Waals surface area contributed by atoms with Crippen molar-refractivity contribution in [2.45, 2.75) is 0 Å². The predicted molar refractivity (Wildman–Crippen MR) is 132 cm³/mol. The normalized spacial score (nSPS) is 11.0. The van der Waals surface area contributed by atoms with E-state index < -0.39 is 0 Å². The molecule has 0 bridgehead atoms. The molecule has 33 heavy (non-hydrogen) atoms. The number of hydrogen-bond acceptors (Lipinski definition) is 3. The number of aromatic nitrogens is 2. The molecule has 0 amide bonds. The molecule has 3 aromatic heterocycles. The lowest BCUT2D eigenvalue weighted by atomic mass is 10.0. The standard InChI is InChI=1S/C29H17N3O/c1-30-22-13-10-19(11-14-22)23-6-2-8-25-26-9-3-7-24(29(26)33-28(23)25)20-12-15-27(32-18-20)21-5-4-16-31-17-21/h2-18H. The molecule has 0 N–H and O–H groups in total. The number of furan rings is 1. The van der Waals surface area contributed by atoms with Gasteiger partial charge in [0.1, 0.15) is 11.2 Å². The topological polar surface area (TPSA) is 43.3 Å². The first kappa shape index (κ1) is 19.0. The summed E-state index contributed by atoms with van der Waals surface area (Å²) >= 11 is 0. The Hall–Kier alpha value is -4.75. The van der Waals surface area contributed by atoms with Crippen LogP contribution in [-0.2, 0) is 0 Å². The van der Waals surface area contributed by atoms with E-state index in [2.05, 4.69) is 51.2 Å². The molecule has 3 heterocycles. The molecule has 0 saturated carbocycles. The van der Waals surface area contributed by atoms with E-state index in [4.69, 9.17) is 11.0 Å². The Labute approximate surface area is 190 Å². The molecule has 3 aromatic carbocycles. The lowest BCUT2D eigenvalue weighted by molar-refractivity contribution is 0.671. The number of pyridine rings is 2. The quantitative estimate of drug-likeness (QED) is 0.271. The van der Waals surface area contributed by atoms with Gasteiger partial charge in [-0.25, -0.2) is 4.85 Å². The fraction of sp³-hybridized carbons (Fsp3) is 0. The van der Waals surface area contributed by atoms with Gasteiger partial charge < -0.3 is 4.42 Å². The van der Waals surface area contributed by atoms with Crippen molar-refractivity contribution >= 4 is 27.6 Å². The van der Waals surface area contributed by atoms with Crippen molar-refractivity contribution < 1.29 is 4.42 Å². The third-order valence-electron chi connectivity index (χ3n) is 5.86. The van der Waals surface area contributed by atoms with E-state index >= 15 is 0 Å². The van der Waals surface area contributed by atoms with Gasteiger partial charge in [-0.1, -0.05) is 66.7 Å². The van der Waals surface area contributed by atoms with Crippen LogP contribution in [0, 0.1) is 6.57 Å². The summed E-state index contributed by atoms with van der Waals surface area (Å²) in [5, 5.41) is 2.14. The number of rotatable bonds is 3. The molecule has 6 aromatic rings. The summed E-state index contributed by atoms with van der Waals surface area (Å²) < 4.78 is 6.50. The monoisotopic (exact) mass is 423 g/mol. The Morgan fingerprint density at radius 3 is 1.94 bits per heavy atom. The lowest BCUT2D eigenvalue weighted by Gasteiger charge is -2.05. The van der Waals surface area contributed by atoms with Crippen molar-refractivity contribution in [2.75, 3.05) is 0 Å². The molecule has 0 radical (unpaired) electrons. The highest BCUT2D eigenvalue weighted by Crippen LogP contribution is 2.40. The van der Waals surface area contributed by atoms with E-state index in [0.29, 0.717) is 5.69 Å². The summed E-state index contributed by atoms with van der Waals surface area (Å²) in [6.45, 7) is 7.19. The van der Waals surface area contributed by atoms with Crippen LogP contribution >= 0.6 is 0 Å². The Morgan fingerprint density at radius 2 is 1.33 bits per heavy atom. The molecule has 4 heteroatoms. The highest BCUT2D eigenvalue weighted by molar-refractivity contribution is 6.13. The minimum Gasteiger partial charge on any atom is -0.455 e. The summed E-state index contributed by atoms with van der Waals surface area (Å²) in [6, 6.07) is 28.0. The highest BCUT2D eigenvalue weighted by Gasteiger charge is 2.15. The maximum absolute atomic E-state index is 7.19. The fourth-order valence-electron chi connectivity index (χ4n) is 4.23. The fourth-order valence-corrected chi connectivity index (χ4v) is 4.23. The van der Waals surface area contributed by atoms with Crippen LogP contribution in [0.25, 0.3) is 60.3 Å². The molecule has 154 valence electrons. The first-order valence-electron chi connectivity index (χ1n) is 10.6. The summed E-state index contributed by atoms with van der Waals surface area (Å²) in [7, 11) is 0. The lowest BCUT2D eigenvalue weighted by Crippen LogP contribution is -1.86. The summed E-state index contributed by atoms with van der Waals surface area (Å²) in [6.07, 6.45) is 5.45. The number of hydrogen-bond donors (Lipinski definition) is 0. The summed E-state index contributed by atoms with van der Waals surface area (Å²) in [4.78, 5) is 12.3. The van der Waals surface area contributed by atoms with E-state index in [1.165, 1.54) is 0 Å². The third kappa shape index (κ3) is 3.24. The van der Waals surface area contributed by atoms with Crippen LogP contribution in [0.15, 0.2) is 108 Å². The van der Waals surface area contributed by atoms with Crippen molar-refractivity contribution in [2.24, 2.45) is 0 Å². The maximum Gasteiger partial charge on any atom is 0.187 e. The summed E-state index contributed by atoms with van der Waals surface area (Å²) in [5.41, 5.74) is 8.21. The molecule has 6 rings (SSSR count). The second-order valence-electron chi connectivity index (χ2n) is 7.80. The Morgan fingerprint density at radius 1 is 0.636 bits per heavy atom. The van der Waals surface area contributed by atoms with Gasteiger partial charge in [0.2, 0.25) is 0 Å². The van der Waals surface area contributed by atoms with Crippen LogP contribution in [0.1, 0.15) is 0 Å². The highest BCUT2D eigenvalue weighted by atomic mass is 16.3. The van der Waals surface area contributed by atoms with Gasteiger partial charge in [0.15, 0.2) is 5.69 Å². The van der Waals surface area contributed by atoms with Gasteiger partial charge in [0.05, 0.1) is 12.3 Å². The largest absolute Gasteiger partial charge is 0.455 e. The van der Waals surface area contributed by atoms with Crippen molar-refractivity contribution in [1.82, 2.24) is 9.97 Å². The predicted octanol–water partition coefficient (Wildman–Crippen LogP) is 7.93. The van der Waals surface area contributed by atoms with E-state index in [1.54, 1.807) is 6.20 Å². The molecular weight excluding hydrogens is 406 g/mol. The average Bonchev–Trinajstić information content (AvgIpc) is 3.28. The van der Waals surface area contributed by atoms with Crippen molar-refractivity contribution in [3.8, 4) is 33.5 Å². The molecule has 0 aliphatic carbocycles. The zero-order valence-electron chi connectivity index (χ0n) is 17.6. The van der Waals surface area contributed by atoms with Gasteiger partial charge >= 0.3 is 0 Å². The van der Waals surface area contributed by atoms with E-state index in [9.17, 15) is 0 Å². The average molecular weight is 423 g/mol. The molecule has 0 fully saturated rings. The van der Waals surface area contributed by atoms with E-state index in [0.717, 1.165) is 55.4 Å². The first-order valence-corrected chi connectivity index (χ1v) is 10.6. The van der Waals surface area contributed by atoms with E-state index in [1.807, 2.05) is 60.9 Å². The van der Waals surface area contributed by atoms with Gasteiger partial charge in [-0.05, 0) is 23.8 Å². The molecule has 0 saturated heterocycles. The second kappa shape index (κ2) is 7.74. The Kier molecular flexibility index (Phi) is 4.45. The molecule has 0 atom stereocenters. The Balaban J connectivity index is 1.49. The molecule has 0 aliphatic rings. The molecule has 0 aliphatic heterocycles. The summed E-state index contributed by atoms with van der Waals surface area (Å²) in [5.74, 6) is 0. The number of nitrogens with zero attached hydrogens (tertiary/aromatic N) is 3. The molecule has 0 unspecified atom stereocenters. The van der Waals surface area contributed by atoms with Gasteiger partial charge in [-0.2, -0.15) is 0 Å². The van der Waals surface area contributed by atoms with Crippen LogP contribution in [0.5, 0.6) is 0 Å². The first-order chi connectivity index (χ1) is 16.3.